The van der Waals surface area contributed by atoms with E-state index in [4.69, 9.17) is 4.74 Å². The summed E-state index contributed by atoms with van der Waals surface area (Å²) in [5.41, 5.74) is 0.913. The van der Waals surface area contributed by atoms with Gasteiger partial charge in [-0.1, -0.05) is 0 Å². The van der Waals surface area contributed by atoms with E-state index in [1.165, 1.54) is 11.2 Å². The molecule has 2 aromatic rings. The minimum Gasteiger partial charge on any atom is -0.481 e. The van der Waals surface area contributed by atoms with Crippen molar-refractivity contribution < 1.29 is 4.74 Å². The summed E-state index contributed by atoms with van der Waals surface area (Å²) in [5, 5.41) is 4.32. The molecule has 0 saturated carbocycles. The first-order valence-electron chi connectivity index (χ1n) is 5.21. The first kappa shape index (κ1) is 11.8. The van der Waals surface area contributed by atoms with Gasteiger partial charge in [-0.05, 0) is 13.8 Å². The fourth-order valence-corrected chi connectivity index (χ4v) is 2.21. The molecule has 5 nitrogen and oxygen atoms in total. The monoisotopic (exact) mass is 250 g/mol. The Morgan fingerprint density at radius 3 is 2.76 bits per heavy atom. The van der Waals surface area contributed by atoms with Gasteiger partial charge in [0.05, 0.1) is 24.2 Å². The Morgan fingerprint density at radius 1 is 1.29 bits per heavy atom. The van der Waals surface area contributed by atoms with Crippen LogP contribution in [0.1, 0.15) is 15.4 Å². The van der Waals surface area contributed by atoms with Crippen molar-refractivity contribution in [2.24, 2.45) is 0 Å². The van der Waals surface area contributed by atoms with Crippen LogP contribution in [0.2, 0.25) is 0 Å². The third-order valence-electron chi connectivity index (χ3n) is 2.33. The number of rotatable bonds is 4. The molecule has 2 aromatic heterocycles. The van der Waals surface area contributed by atoms with Crippen molar-refractivity contribution in [1.29, 1.82) is 0 Å². The van der Waals surface area contributed by atoms with Gasteiger partial charge in [0.2, 0.25) is 5.88 Å². The summed E-state index contributed by atoms with van der Waals surface area (Å²) in [7, 11) is 1.60. The smallest absolute Gasteiger partial charge is 0.221 e. The predicted molar refractivity (Wildman–Crippen MR) is 67.5 cm³/mol. The molecule has 0 amide bonds. The maximum atomic E-state index is 5.14. The number of nitrogens with zero attached hydrogens (tertiary/aromatic N) is 3. The van der Waals surface area contributed by atoms with Gasteiger partial charge in [0.1, 0.15) is 12.1 Å². The second-order valence-electron chi connectivity index (χ2n) is 3.56. The molecule has 0 aliphatic carbocycles. The molecule has 0 fully saturated rings. The van der Waals surface area contributed by atoms with E-state index in [0.29, 0.717) is 12.4 Å². The van der Waals surface area contributed by atoms with Gasteiger partial charge in [-0.2, -0.15) is 0 Å². The highest BCUT2D eigenvalue weighted by atomic mass is 32.1. The molecule has 0 radical (unpaired) electrons. The number of aryl methyl sites for hydroxylation is 1. The lowest BCUT2D eigenvalue weighted by atomic mass is 10.3. The standard InChI is InChI=1S/C11H14N4OS/c1-7-10(14-6-15-11(7)16-3)13-5-9-4-12-8(2)17-9/h4,6H,5H2,1-3H3,(H,13,14,15). The van der Waals surface area contributed by atoms with Crippen LogP contribution in [-0.2, 0) is 6.54 Å². The second-order valence-corrected chi connectivity index (χ2v) is 4.88. The van der Waals surface area contributed by atoms with Crippen LogP contribution in [0.4, 0.5) is 5.82 Å². The number of hydrogen-bond acceptors (Lipinski definition) is 6. The largest absolute Gasteiger partial charge is 0.481 e. The Morgan fingerprint density at radius 2 is 2.12 bits per heavy atom. The Bertz CT molecular complexity index is 512. The summed E-state index contributed by atoms with van der Waals surface area (Å²) in [4.78, 5) is 13.6. The number of nitrogens with one attached hydrogen (secondary N) is 1. The van der Waals surface area contributed by atoms with Crippen molar-refractivity contribution in [3.63, 3.8) is 0 Å². The first-order chi connectivity index (χ1) is 8.20. The summed E-state index contributed by atoms with van der Waals surface area (Å²) in [6.45, 7) is 4.64. The van der Waals surface area contributed by atoms with Gasteiger partial charge in [-0.3, -0.25) is 0 Å². The topological polar surface area (TPSA) is 59.9 Å². The molecular formula is C11H14N4OS. The molecule has 0 bridgehead atoms. The molecule has 0 aliphatic heterocycles. The van der Waals surface area contributed by atoms with Crippen LogP contribution in [0.5, 0.6) is 5.88 Å². The third kappa shape index (κ3) is 2.71. The highest BCUT2D eigenvalue weighted by molar-refractivity contribution is 7.11. The van der Waals surface area contributed by atoms with E-state index in [2.05, 4.69) is 20.3 Å². The Balaban J connectivity index is 2.09. The van der Waals surface area contributed by atoms with Crippen molar-refractivity contribution in [3.8, 4) is 5.88 Å². The number of ether oxygens (including phenoxy) is 1. The third-order valence-corrected chi connectivity index (χ3v) is 3.24. The lowest BCUT2D eigenvalue weighted by Gasteiger charge is -2.09. The van der Waals surface area contributed by atoms with Crippen LogP contribution in [0, 0.1) is 13.8 Å². The zero-order valence-corrected chi connectivity index (χ0v) is 10.8. The summed E-state index contributed by atoms with van der Waals surface area (Å²) < 4.78 is 5.14. The van der Waals surface area contributed by atoms with Crippen molar-refractivity contribution in [3.05, 3.63) is 28.0 Å². The highest BCUT2D eigenvalue weighted by Gasteiger charge is 2.07. The number of aromatic nitrogens is 3. The number of methoxy groups -OCH3 is 1. The average molecular weight is 250 g/mol. The molecule has 6 heteroatoms. The van der Waals surface area contributed by atoms with E-state index in [0.717, 1.165) is 16.4 Å². The Kier molecular flexibility index (Phi) is 3.53. The van der Waals surface area contributed by atoms with Crippen LogP contribution in [-0.4, -0.2) is 22.1 Å². The van der Waals surface area contributed by atoms with Gasteiger partial charge in [0, 0.05) is 11.1 Å². The Labute approximate surface area is 104 Å². The maximum absolute atomic E-state index is 5.14. The number of anilines is 1. The number of thiazole rings is 1. The van der Waals surface area contributed by atoms with E-state index < -0.39 is 0 Å². The van der Waals surface area contributed by atoms with E-state index in [1.807, 2.05) is 20.0 Å². The fraction of sp³-hybridized carbons (Fsp3) is 0.364. The van der Waals surface area contributed by atoms with Crippen LogP contribution >= 0.6 is 11.3 Å². The molecular weight excluding hydrogens is 236 g/mol. The average Bonchev–Trinajstić information content (AvgIpc) is 2.74. The van der Waals surface area contributed by atoms with E-state index in [9.17, 15) is 0 Å². The maximum Gasteiger partial charge on any atom is 0.221 e. The predicted octanol–water partition coefficient (Wildman–Crippen LogP) is 2.17. The minimum atomic E-state index is 0.600. The fourth-order valence-electron chi connectivity index (χ4n) is 1.48. The zero-order chi connectivity index (χ0) is 12.3. The van der Waals surface area contributed by atoms with Crippen LogP contribution in [0.15, 0.2) is 12.5 Å². The Hall–Kier alpha value is -1.69. The van der Waals surface area contributed by atoms with Gasteiger partial charge < -0.3 is 10.1 Å². The number of hydrogen-bond donors (Lipinski definition) is 1. The molecule has 90 valence electrons. The van der Waals surface area contributed by atoms with E-state index in [-0.39, 0.29) is 0 Å². The van der Waals surface area contributed by atoms with Crippen LogP contribution < -0.4 is 10.1 Å². The van der Waals surface area contributed by atoms with Crippen LogP contribution in [0.25, 0.3) is 0 Å². The van der Waals surface area contributed by atoms with Crippen molar-refractivity contribution in [2.45, 2.75) is 20.4 Å². The minimum absolute atomic E-state index is 0.600. The molecule has 17 heavy (non-hydrogen) atoms. The lowest BCUT2D eigenvalue weighted by molar-refractivity contribution is 0.393. The zero-order valence-electron chi connectivity index (χ0n) is 10.0. The van der Waals surface area contributed by atoms with E-state index in [1.54, 1.807) is 18.4 Å². The summed E-state index contributed by atoms with van der Waals surface area (Å²) in [6.07, 6.45) is 3.37. The van der Waals surface area contributed by atoms with Gasteiger partial charge >= 0.3 is 0 Å². The first-order valence-corrected chi connectivity index (χ1v) is 6.03. The molecule has 0 aromatic carbocycles. The lowest BCUT2D eigenvalue weighted by Crippen LogP contribution is -2.04. The van der Waals surface area contributed by atoms with Crippen LogP contribution in [0.3, 0.4) is 0 Å². The molecule has 2 rings (SSSR count). The molecule has 0 atom stereocenters. The van der Waals surface area contributed by atoms with Gasteiger partial charge in [0.15, 0.2) is 0 Å². The van der Waals surface area contributed by atoms with Crippen molar-refractivity contribution >= 4 is 17.2 Å². The van der Waals surface area contributed by atoms with Crippen molar-refractivity contribution in [1.82, 2.24) is 15.0 Å². The quantitative estimate of drug-likeness (QED) is 0.901. The van der Waals surface area contributed by atoms with E-state index >= 15 is 0 Å². The second kappa shape index (κ2) is 5.09. The highest BCUT2D eigenvalue weighted by Crippen LogP contribution is 2.21. The SMILES string of the molecule is COc1ncnc(NCc2cnc(C)s2)c1C. The summed E-state index contributed by atoms with van der Waals surface area (Å²) >= 11 is 1.67. The molecule has 0 spiro atoms. The normalized spacial score (nSPS) is 10.3. The molecule has 1 N–H and O–H groups in total. The molecule has 0 aliphatic rings. The van der Waals surface area contributed by atoms with Gasteiger partial charge in [-0.15, -0.1) is 11.3 Å². The molecule has 2 heterocycles. The molecule has 0 saturated heterocycles. The summed E-state index contributed by atoms with van der Waals surface area (Å²) in [5.74, 6) is 1.39. The molecule has 0 unspecified atom stereocenters. The van der Waals surface area contributed by atoms with Gasteiger partial charge in [0.25, 0.3) is 0 Å². The van der Waals surface area contributed by atoms with Gasteiger partial charge in [-0.25, -0.2) is 15.0 Å². The van der Waals surface area contributed by atoms with Crippen molar-refractivity contribution in [2.75, 3.05) is 12.4 Å². The summed E-state index contributed by atoms with van der Waals surface area (Å²) in [6, 6.07) is 0.